The lowest BCUT2D eigenvalue weighted by molar-refractivity contribution is -0.115. The Bertz CT molecular complexity index is 1550. The Balaban J connectivity index is 1.40. The molecule has 0 radical (unpaired) electrons. The van der Waals surface area contributed by atoms with Gasteiger partial charge >= 0.3 is 5.97 Å². The summed E-state index contributed by atoms with van der Waals surface area (Å²) in [6.07, 6.45) is 1.62. The summed E-state index contributed by atoms with van der Waals surface area (Å²) in [5, 5.41) is 11.6. The van der Waals surface area contributed by atoms with Crippen LogP contribution in [0.15, 0.2) is 106 Å². The molecule has 0 spiro atoms. The molecule has 0 aliphatic carbocycles. The molecule has 0 aliphatic heterocycles. The molecule has 10 heteroatoms. The summed E-state index contributed by atoms with van der Waals surface area (Å²) in [6, 6.07) is 24.2. The minimum Gasteiger partial charge on any atom is -0.465 e. The van der Waals surface area contributed by atoms with Gasteiger partial charge in [0, 0.05) is 16.1 Å². The molecule has 1 atom stereocenters. The molecule has 0 fully saturated rings. The van der Waals surface area contributed by atoms with Crippen molar-refractivity contribution in [1.82, 2.24) is 5.32 Å². The van der Waals surface area contributed by atoms with E-state index in [9.17, 15) is 19.2 Å². The lowest BCUT2D eigenvalue weighted by Crippen LogP contribution is -2.30. The maximum Gasteiger partial charge on any atom is 0.339 e. The highest BCUT2D eigenvalue weighted by atomic mass is 32.2. The smallest absolute Gasteiger partial charge is 0.339 e. The summed E-state index contributed by atoms with van der Waals surface area (Å²) < 4.78 is 4.78. The number of methoxy groups -OCH3 is 1. The van der Waals surface area contributed by atoms with Crippen LogP contribution in [-0.2, 0) is 14.3 Å². The van der Waals surface area contributed by atoms with Crippen molar-refractivity contribution in [1.29, 1.82) is 0 Å². The minimum absolute atomic E-state index is 0.105. The predicted molar refractivity (Wildman–Crippen MR) is 163 cm³/mol. The fourth-order valence-electron chi connectivity index (χ4n) is 3.65. The normalized spacial score (nSPS) is 11.7. The predicted octanol–water partition coefficient (Wildman–Crippen LogP) is 6.06. The van der Waals surface area contributed by atoms with Crippen LogP contribution in [0.2, 0.25) is 0 Å². The van der Waals surface area contributed by atoms with E-state index in [4.69, 9.17) is 4.74 Å². The van der Waals surface area contributed by atoms with E-state index in [1.807, 2.05) is 22.9 Å². The molecule has 4 aromatic rings. The van der Waals surface area contributed by atoms with Crippen LogP contribution in [0.3, 0.4) is 0 Å². The number of benzene rings is 3. The lowest BCUT2D eigenvalue weighted by atomic mass is 10.2. The van der Waals surface area contributed by atoms with E-state index in [-0.39, 0.29) is 17.2 Å². The van der Waals surface area contributed by atoms with Crippen LogP contribution < -0.4 is 16.0 Å². The van der Waals surface area contributed by atoms with Crippen molar-refractivity contribution in [3.05, 3.63) is 118 Å². The first-order valence-corrected chi connectivity index (χ1v) is 14.3. The Morgan fingerprint density at radius 1 is 0.878 bits per heavy atom. The topological polar surface area (TPSA) is 114 Å². The van der Waals surface area contributed by atoms with Crippen molar-refractivity contribution in [2.45, 2.75) is 17.1 Å². The molecule has 3 aromatic carbocycles. The molecule has 3 N–H and O–H groups in total. The quantitative estimate of drug-likeness (QED) is 0.118. The van der Waals surface area contributed by atoms with Crippen LogP contribution in [0.25, 0.3) is 6.08 Å². The number of carbonyl (C=O) groups is 4. The van der Waals surface area contributed by atoms with Crippen molar-refractivity contribution in [3.8, 4) is 0 Å². The van der Waals surface area contributed by atoms with Crippen LogP contribution in [0.5, 0.6) is 0 Å². The molecule has 1 heterocycles. The molecule has 8 nitrogen and oxygen atoms in total. The number of rotatable bonds is 10. The average molecular weight is 586 g/mol. The second-order valence-electron chi connectivity index (χ2n) is 8.70. The molecule has 0 aliphatic rings. The number of thioether (sulfide) groups is 1. The lowest BCUT2D eigenvalue weighted by Gasteiger charge is -2.14. The van der Waals surface area contributed by atoms with Gasteiger partial charge in [-0.15, -0.1) is 11.8 Å². The SMILES string of the molecule is COC(=O)c1ccccc1NC(=O)C(C)Sc1ccc(NC(=O)/C(=C/c2ccsc2)NC(=O)c2ccccc2)cc1. The van der Waals surface area contributed by atoms with Gasteiger partial charge in [-0.25, -0.2) is 4.79 Å². The molecule has 4 rings (SSSR count). The van der Waals surface area contributed by atoms with Crippen LogP contribution >= 0.6 is 23.1 Å². The highest BCUT2D eigenvalue weighted by molar-refractivity contribution is 8.00. The number of thiophene rings is 1. The van der Waals surface area contributed by atoms with Crippen molar-refractivity contribution >= 4 is 64.2 Å². The number of para-hydroxylation sites is 1. The number of esters is 1. The summed E-state index contributed by atoms with van der Waals surface area (Å²) in [7, 11) is 1.28. The van der Waals surface area contributed by atoms with Crippen LogP contribution in [0.1, 0.15) is 33.2 Å². The highest BCUT2D eigenvalue weighted by Crippen LogP contribution is 2.26. The van der Waals surface area contributed by atoms with Crippen molar-refractivity contribution in [3.63, 3.8) is 0 Å². The fourth-order valence-corrected chi connectivity index (χ4v) is 5.14. The number of hydrogen-bond donors (Lipinski definition) is 3. The standard InChI is InChI=1S/C31H27N3O5S2/c1-20(28(35)33-26-11-7-6-10-25(26)31(38)39-2)41-24-14-12-23(13-15-24)32-30(37)27(18-21-16-17-40-19-21)34-29(36)22-8-4-3-5-9-22/h3-20H,1-2H3,(H,32,37)(H,33,35)(H,34,36)/b27-18-. The van der Waals surface area contributed by atoms with Gasteiger partial charge in [-0.3, -0.25) is 14.4 Å². The Kier molecular flexibility index (Phi) is 10.1. The number of hydrogen-bond acceptors (Lipinski definition) is 7. The first-order chi connectivity index (χ1) is 19.8. The zero-order valence-electron chi connectivity index (χ0n) is 22.3. The number of anilines is 2. The molecule has 41 heavy (non-hydrogen) atoms. The van der Waals surface area contributed by atoms with Gasteiger partial charge in [-0.2, -0.15) is 11.3 Å². The fraction of sp³-hybridized carbons (Fsp3) is 0.0968. The van der Waals surface area contributed by atoms with E-state index in [0.717, 1.165) is 10.5 Å². The minimum atomic E-state index is -0.535. The second-order valence-corrected chi connectivity index (χ2v) is 10.9. The third kappa shape index (κ3) is 8.17. The van der Waals surface area contributed by atoms with E-state index in [1.165, 1.54) is 30.2 Å². The first kappa shape index (κ1) is 29.3. The number of amides is 3. The zero-order chi connectivity index (χ0) is 29.2. The number of carbonyl (C=O) groups excluding carboxylic acids is 4. The average Bonchev–Trinajstić information content (AvgIpc) is 3.51. The molecular weight excluding hydrogens is 558 g/mol. The maximum atomic E-state index is 13.1. The summed E-state index contributed by atoms with van der Waals surface area (Å²) in [4.78, 5) is 51.5. The van der Waals surface area contributed by atoms with Crippen molar-refractivity contribution in [2.24, 2.45) is 0 Å². The molecule has 0 saturated carbocycles. The van der Waals surface area contributed by atoms with Gasteiger partial charge in [0.25, 0.3) is 11.8 Å². The van der Waals surface area contributed by atoms with Gasteiger partial charge < -0.3 is 20.7 Å². The molecule has 1 unspecified atom stereocenters. The third-order valence-electron chi connectivity index (χ3n) is 5.77. The molecule has 0 bridgehead atoms. The monoisotopic (exact) mass is 585 g/mol. The maximum absolute atomic E-state index is 13.1. The van der Waals surface area contributed by atoms with Gasteiger partial charge in [-0.1, -0.05) is 30.3 Å². The van der Waals surface area contributed by atoms with Gasteiger partial charge in [0.15, 0.2) is 0 Å². The number of nitrogens with one attached hydrogen (secondary N) is 3. The molecule has 3 amide bonds. The van der Waals surface area contributed by atoms with Crippen LogP contribution in [0.4, 0.5) is 11.4 Å². The summed E-state index contributed by atoms with van der Waals surface area (Å²) >= 11 is 2.81. The van der Waals surface area contributed by atoms with E-state index >= 15 is 0 Å². The molecule has 208 valence electrons. The van der Waals surface area contributed by atoms with Gasteiger partial charge in [0.05, 0.1) is 23.6 Å². The Morgan fingerprint density at radius 3 is 2.27 bits per heavy atom. The molecular formula is C31H27N3O5S2. The second kappa shape index (κ2) is 14.1. The van der Waals surface area contributed by atoms with Crippen molar-refractivity contribution in [2.75, 3.05) is 17.7 Å². The van der Waals surface area contributed by atoms with Crippen LogP contribution in [0, 0.1) is 0 Å². The molecule has 0 saturated heterocycles. The summed E-state index contributed by atoms with van der Waals surface area (Å²) in [5.41, 5.74) is 2.50. The Morgan fingerprint density at radius 2 is 1.59 bits per heavy atom. The third-order valence-corrected chi connectivity index (χ3v) is 7.58. The summed E-state index contributed by atoms with van der Waals surface area (Å²) in [5.74, 6) is -1.68. The van der Waals surface area contributed by atoms with Gasteiger partial charge in [-0.05, 0) is 83.9 Å². The van der Waals surface area contributed by atoms with E-state index < -0.39 is 23.0 Å². The van der Waals surface area contributed by atoms with E-state index in [1.54, 1.807) is 85.8 Å². The largest absolute Gasteiger partial charge is 0.465 e. The van der Waals surface area contributed by atoms with Gasteiger partial charge in [0.2, 0.25) is 5.91 Å². The van der Waals surface area contributed by atoms with Crippen molar-refractivity contribution < 1.29 is 23.9 Å². The first-order valence-electron chi connectivity index (χ1n) is 12.5. The number of ether oxygens (including phenoxy) is 1. The highest BCUT2D eigenvalue weighted by Gasteiger charge is 2.19. The van der Waals surface area contributed by atoms with Crippen LogP contribution in [-0.4, -0.2) is 36.1 Å². The van der Waals surface area contributed by atoms with E-state index in [2.05, 4.69) is 16.0 Å². The summed E-state index contributed by atoms with van der Waals surface area (Å²) in [6.45, 7) is 1.76. The van der Waals surface area contributed by atoms with Gasteiger partial charge in [0.1, 0.15) is 5.70 Å². The van der Waals surface area contributed by atoms with E-state index in [0.29, 0.717) is 16.9 Å². The Labute approximate surface area is 245 Å². The Hall–Kier alpha value is -4.67. The zero-order valence-corrected chi connectivity index (χ0v) is 23.9. The molecule has 1 aromatic heterocycles.